The minimum absolute atomic E-state index is 0.155. The van der Waals surface area contributed by atoms with Crippen molar-refractivity contribution in [1.29, 1.82) is 5.26 Å². The highest BCUT2D eigenvalue weighted by atomic mass is 35.5. The lowest BCUT2D eigenvalue weighted by Crippen LogP contribution is -2.28. The summed E-state index contributed by atoms with van der Waals surface area (Å²) >= 11 is 8.90. The summed E-state index contributed by atoms with van der Waals surface area (Å²) in [6.45, 7) is 11.3. The molecule has 2 aromatic heterocycles. The number of carbonyl (C=O) groups excluding carboxylic acids is 1. The summed E-state index contributed by atoms with van der Waals surface area (Å²) in [5.41, 5.74) is 3.09. The third-order valence-corrected chi connectivity index (χ3v) is 9.75. The highest BCUT2D eigenvalue weighted by molar-refractivity contribution is 7.99. The minimum atomic E-state index is -0.155. The average molecular weight is 554 g/mol. The zero-order valence-corrected chi connectivity index (χ0v) is 23.9. The summed E-state index contributed by atoms with van der Waals surface area (Å²) in [7, 11) is 0. The van der Waals surface area contributed by atoms with Gasteiger partial charge >= 0.3 is 0 Å². The van der Waals surface area contributed by atoms with Gasteiger partial charge in [-0.05, 0) is 53.9 Å². The topological polar surface area (TPSA) is 83.6 Å². The number of aromatic nitrogens is 3. The predicted octanol–water partition coefficient (Wildman–Crippen LogP) is 6.91. The second kappa shape index (κ2) is 11.8. The Kier molecular flexibility index (Phi) is 8.79. The summed E-state index contributed by atoms with van der Waals surface area (Å²) < 4.78 is 1.97. The summed E-state index contributed by atoms with van der Waals surface area (Å²) in [4.78, 5) is 14.2. The molecule has 1 aliphatic carbocycles. The first-order valence-electron chi connectivity index (χ1n) is 12.5. The molecule has 0 saturated heterocycles. The number of benzene rings is 1. The third kappa shape index (κ3) is 6.28. The Balaban J connectivity index is 1.43. The van der Waals surface area contributed by atoms with Crippen LogP contribution in [0.25, 0.3) is 0 Å². The fraction of sp³-hybridized carbons (Fsp3) is 0.429. The normalized spacial score (nSPS) is 15.2. The molecule has 0 saturated carbocycles. The maximum Gasteiger partial charge on any atom is 0.235 e. The Morgan fingerprint density at radius 1 is 1.38 bits per heavy atom. The number of rotatable bonds is 10. The van der Waals surface area contributed by atoms with E-state index < -0.39 is 0 Å². The van der Waals surface area contributed by atoms with E-state index in [1.54, 1.807) is 17.4 Å². The number of allylic oxidation sites excluding steroid dienone is 1. The molecule has 4 rings (SSSR count). The number of thioether (sulfide) groups is 1. The molecule has 0 aliphatic heterocycles. The van der Waals surface area contributed by atoms with E-state index in [2.05, 4.69) is 48.9 Å². The molecule has 1 N–H and O–H groups in total. The van der Waals surface area contributed by atoms with Crippen LogP contribution in [0.15, 0.2) is 42.1 Å². The number of nitrogens with one attached hydrogen (secondary N) is 1. The Labute approximate surface area is 232 Å². The average Bonchev–Trinajstić information content (AvgIpc) is 3.43. The Hall–Kier alpha value is -2.60. The van der Waals surface area contributed by atoms with E-state index in [-0.39, 0.29) is 17.1 Å². The maximum absolute atomic E-state index is 12.9. The number of thiophene rings is 1. The van der Waals surface area contributed by atoms with Gasteiger partial charge < -0.3 is 9.88 Å². The first-order valence-corrected chi connectivity index (χ1v) is 14.7. The van der Waals surface area contributed by atoms with E-state index in [1.807, 2.05) is 28.8 Å². The van der Waals surface area contributed by atoms with Crippen LogP contribution < -0.4 is 5.32 Å². The van der Waals surface area contributed by atoms with Crippen molar-refractivity contribution in [1.82, 2.24) is 14.8 Å². The van der Waals surface area contributed by atoms with Crippen LogP contribution in [-0.2, 0) is 30.6 Å². The van der Waals surface area contributed by atoms with Crippen molar-refractivity contribution < 1.29 is 4.79 Å². The zero-order chi connectivity index (χ0) is 26.6. The highest BCUT2D eigenvalue weighted by Crippen LogP contribution is 2.45. The molecule has 2 heterocycles. The Bertz CT molecular complexity index is 1320. The number of carbonyl (C=O) groups is 1. The molecular formula is C28H32ClN5OS2. The van der Waals surface area contributed by atoms with Gasteiger partial charge in [-0.1, -0.05) is 68.8 Å². The lowest BCUT2D eigenvalue weighted by molar-refractivity contribution is -0.113. The van der Waals surface area contributed by atoms with Gasteiger partial charge in [0.05, 0.1) is 11.3 Å². The summed E-state index contributed by atoms with van der Waals surface area (Å²) in [6.07, 6.45) is 6.48. The number of fused-ring (bicyclic) bond motifs is 1. The molecule has 1 aromatic carbocycles. The van der Waals surface area contributed by atoms with E-state index in [0.717, 1.165) is 42.6 Å². The van der Waals surface area contributed by atoms with Gasteiger partial charge in [-0.15, -0.1) is 28.1 Å². The fourth-order valence-corrected chi connectivity index (χ4v) is 6.88. The second-order valence-corrected chi connectivity index (χ2v) is 12.5. The van der Waals surface area contributed by atoms with Crippen molar-refractivity contribution in [2.75, 3.05) is 11.1 Å². The number of amides is 1. The first kappa shape index (κ1) is 27.4. The van der Waals surface area contributed by atoms with Crippen molar-refractivity contribution >= 4 is 45.6 Å². The molecule has 37 heavy (non-hydrogen) atoms. The van der Waals surface area contributed by atoms with Crippen LogP contribution in [0.2, 0.25) is 5.02 Å². The van der Waals surface area contributed by atoms with Gasteiger partial charge in [0.15, 0.2) is 5.16 Å². The van der Waals surface area contributed by atoms with E-state index in [9.17, 15) is 10.1 Å². The van der Waals surface area contributed by atoms with Crippen molar-refractivity contribution in [2.45, 2.75) is 64.6 Å². The largest absolute Gasteiger partial charge is 0.316 e. The monoisotopic (exact) mass is 553 g/mol. The molecule has 1 atom stereocenters. The van der Waals surface area contributed by atoms with Crippen LogP contribution in [0.1, 0.15) is 61.0 Å². The molecular weight excluding hydrogens is 522 g/mol. The lowest BCUT2D eigenvalue weighted by atomic mass is 9.69. The standard InChI is InChI=1S/C28H32ClN5OS2/c1-5-13-34-24(14-18-7-10-20(29)11-8-18)32-33-27(34)36-17-25(35)31-26-22(16-30)21-12-9-19(15-23(21)37-26)28(3,4)6-2/h5,7-8,10-11,19H,1,6,9,12-15,17H2,2-4H3,(H,31,35). The van der Waals surface area contributed by atoms with E-state index >= 15 is 0 Å². The van der Waals surface area contributed by atoms with Gasteiger partial charge in [0.2, 0.25) is 5.91 Å². The van der Waals surface area contributed by atoms with Crippen molar-refractivity contribution in [3.63, 3.8) is 0 Å². The van der Waals surface area contributed by atoms with Crippen LogP contribution in [0, 0.1) is 22.7 Å². The van der Waals surface area contributed by atoms with Gasteiger partial charge in [-0.25, -0.2) is 0 Å². The van der Waals surface area contributed by atoms with Crippen LogP contribution >= 0.6 is 34.7 Å². The smallest absolute Gasteiger partial charge is 0.235 e. The maximum atomic E-state index is 12.9. The van der Waals surface area contributed by atoms with Crippen LogP contribution in [-0.4, -0.2) is 26.4 Å². The van der Waals surface area contributed by atoms with E-state index in [0.29, 0.717) is 39.6 Å². The molecule has 1 unspecified atom stereocenters. The zero-order valence-electron chi connectivity index (χ0n) is 21.5. The Morgan fingerprint density at radius 2 is 2.14 bits per heavy atom. The summed E-state index contributed by atoms with van der Waals surface area (Å²) in [6, 6.07) is 9.99. The predicted molar refractivity (Wildman–Crippen MR) is 152 cm³/mol. The Morgan fingerprint density at radius 3 is 2.81 bits per heavy atom. The quantitative estimate of drug-likeness (QED) is 0.218. The summed E-state index contributed by atoms with van der Waals surface area (Å²) in [5.74, 6) is 1.41. The van der Waals surface area contributed by atoms with Crippen molar-refractivity contribution in [2.24, 2.45) is 11.3 Å². The highest BCUT2D eigenvalue weighted by Gasteiger charge is 2.34. The van der Waals surface area contributed by atoms with E-state index in [4.69, 9.17) is 11.6 Å². The number of anilines is 1. The fourth-order valence-electron chi connectivity index (χ4n) is 4.69. The molecule has 6 nitrogen and oxygen atoms in total. The van der Waals surface area contributed by atoms with Crippen LogP contribution in [0.3, 0.4) is 0 Å². The second-order valence-electron chi connectivity index (χ2n) is 10.0. The number of hydrogen-bond acceptors (Lipinski definition) is 6. The van der Waals surface area contributed by atoms with Crippen molar-refractivity contribution in [3.8, 4) is 6.07 Å². The molecule has 0 spiro atoms. The first-order chi connectivity index (χ1) is 17.7. The number of hydrogen-bond donors (Lipinski definition) is 1. The van der Waals surface area contributed by atoms with E-state index in [1.165, 1.54) is 16.6 Å². The molecule has 1 aliphatic rings. The molecule has 0 radical (unpaired) electrons. The third-order valence-electron chi connectivity index (χ3n) is 7.36. The van der Waals surface area contributed by atoms with Gasteiger partial charge in [-0.2, -0.15) is 5.26 Å². The summed E-state index contributed by atoms with van der Waals surface area (Å²) in [5, 5.41) is 23.6. The number of nitriles is 1. The van der Waals surface area contributed by atoms with Gasteiger partial charge in [0.1, 0.15) is 16.9 Å². The molecule has 0 bridgehead atoms. The lowest BCUT2D eigenvalue weighted by Gasteiger charge is -2.36. The van der Waals surface area contributed by atoms with Gasteiger partial charge in [0, 0.05) is 22.9 Å². The molecule has 194 valence electrons. The van der Waals surface area contributed by atoms with Crippen LogP contribution in [0.5, 0.6) is 0 Å². The van der Waals surface area contributed by atoms with Crippen molar-refractivity contribution in [3.05, 3.63) is 69.3 Å². The molecule has 1 amide bonds. The van der Waals surface area contributed by atoms with Crippen LogP contribution in [0.4, 0.5) is 5.00 Å². The number of halogens is 1. The molecule has 3 aromatic rings. The molecule has 9 heteroatoms. The molecule has 0 fully saturated rings. The van der Waals surface area contributed by atoms with Gasteiger partial charge in [-0.3, -0.25) is 4.79 Å². The van der Waals surface area contributed by atoms with Gasteiger partial charge in [0.25, 0.3) is 0 Å². The number of nitrogens with zero attached hydrogens (tertiary/aromatic N) is 4. The minimum Gasteiger partial charge on any atom is -0.316 e. The SMILES string of the molecule is C=CCn1c(Cc2ccc(Cl)cc2)nnc1SCC(=O)Nc1sc2c(c1C#N)CCC(C(C)(C)CC)C2.